The smallest absolute Gasteiger partial charge is 0.255 e. The number of methoxy groups -OCH3 is 1. The Morgan fingerprint density at radius 3 is 2.41 bits per heavy atom. The fraction of sp³-hybridized carbons (Fsp3) is 0.760. The van der Waals surface area contributed by atoms with Crippen molar-refractivity contribution in [2.45, 2.75) is 70.9 Å². The van der Waals surface area contributed by atoms with Gasteiger partial charge in [-0.05, 0) is 64.9 Å². The van der Waals surface area contributed by atoms with E-state index in [2.05, 4.69) is 9.47 Å². The van der Waals surface area contributed by atoms with Crippen LogP contribution in [-0.2, 0) is 20.8 Å². The van der Waals surface area contributed by atoms with Gasteiger partial charge in [0.1, 0.15) is 0 Å². The molecule has 1 aromatic heterocycles. The molecule has 178 valence electrons. The van der Waals surface area contributed by atoms with E-state index in [1.54, 1.807) is 7.11 Å². The standard InChI is InChI=1S/C25H39N3O4/c1-19-18-22(20(2)28(19)15-17-31-3)24(30)26-11-6-21(7-12-26)23(29)27-13-9-25(10-14-27)8-4-5-16-32-25/h18,21H,4-17H2,1-3H3. The zero-order valence-corrected chi connectivity index (χ0v) is 20.0. The predicted octanol–water partition coefficient (Wildman–Crippen LogP) is 3.17. The summed E-state index contributed by atoms with van der Waals surface area (Å²) >= 11 is 0. The van der Waals surface area contributed by atoms with E-state index in [9.17, 15) is 9.59 Å². The summed E-state index contributed by atoms with van der Waals surface area (Å²) < 4.78 is 13.5. The number of hydrogen-bond donors (Lipinski definition) is 0. The highest BCUT2D eigenvalue weighted by Gasteiger charge is 2.39. The van der Waals surface area contributed by atoms with Crippen LogP contribution >= 0.6 is 0 Å². The summed E-state index contributed by atoms with van der Waals surface area (Å²) in [7, 11) is 1.69. The molecule has 0 N–H and O–H groups in total. The third kappa shape index (κ3) is 4.74. The Bertz CT molecular complexity index is 809. The quantitative estimate of drug-likeness (QED) is 0.698. The molecule has 0 atom stereocenters. The second kappa shape index (κ2) is 9.96. The molecule has 0 bridgehead atoms. The van der Waals surface area contributed by atoms with Gasteiger partial charge < -0.3 is 23.8 Å². The summed E-state index contributed by atoms with van der Waals surface area (Å²) in [6.45, 7) is 9.21. The maximum Gasteiger partial charge on any atom is 0.255 e. The largest absolute Gasteiger partial charge is 0.383 e. The number of aromatic nitrogens is 1. The van der Waals surface area contributed by atoms with Gasteiger partial charge in [0.25, 0.3) is 5.91 Å². The highest BCUT2D eigenvalue weighted by molar-refractivity contribution is 5.96. The minimum atomic E-state index is 0.0282. The van der Waals surface area contributed by atoms with E-state index in [-0.39, 0.29) is 23.3 Å². The molecular formula is C25H39N3O4. The van der Waals surface area contributed by atoms with Crippen molar-refractivity contribution in [2.24, 2.45) is 5.92 Å². The van der Waals surface area contributed by atoms with Crippen LogP contribution in [0.3, 0.4) is 0 Å². The van der Waals surface area contributed by atoms with Crippen LogP contribution in [0, 0.1) is 19.8 Å². The fourth-order valence-electron chi connectivity index (χ4n) is 5.74. The molecule has 2 amide bonds. The lowest BCUT2D eigenvalue weighted by atomic mass is 9.84. The Morgan fingerprint density at radius 1 is 1.06 bits per heavy atom. The molecule has 0 aromatic carbocycles. The third-order valence-corrected chi connectivity index (χ3v) is 7.88. The number of likely N-dealkylation sites (tertiary alicyclic amines) is 2. The number of rotatable bonds is 5. The van der Waals surface area contributed by atoms with Crippen molar-refractivity contribution in [1.29, 1.82) is 0 Å². The van der Waals surface area contributed by atoms with Crippen LogP contribution in [0.4, 0.5) is 0 Å². The Balaban J connectivity index is 1.29. The highest BCUT2D eigenvalue weighted by Crippen LogP contribution is 2.35. The molecule has 3 aliphatic heterocycles. The van der Waals surface area contributed by atoms with Gasteiger partial charge in [0.05, 0.1) is 17.8 Å². The number of hydrogen-bond acceptors (Lipinski definition) is 4. The van der Waals surface area contributed by atoms with Crippen molar-refractivity contribution in [3.63, 3.8) is 0 Å². The fourth-order valence-corrected chi connectivity index (χ4v) is 5.74. The van der Waals surface area contributed by atoms with Crippen LogP contribution in [0.5, 0.6) is 0 Å². The Kier molecular flexibility index (Phi) is 7.25. The van der Waals surface area contributed by atoms with E-state index in [1.165, 1.54) is 12.8 Å². The molecule has 1 spiro atoms. The number of carbonyl (C=O) groups excluding carboxylic acids is 2. The molecule has 3 aliphatic rings. The molecular weight excluding hydrogens is 406 g/mol. The second-order valence-corrected chi connectivity index (χ2v) is 9.81. The predicted molar refractivity (Wildman–Crippen MR) is 123 cm³/mol. The number of amides is 2. The first-order valence-electron chi connectivity index (χ1n) is 12.3. The molecule has 3 fully saturated rings. The van der Waals surface area contributed by atoms with E-state index in [4.69, 9.17) is 9.47 Å². The SMILES string of the molecule is COCCn1c(C)cc(C(=O)N2CCC(C(=O)N3CCC4(CCCCO4)CC3)CC2)c1C. The van der Waals surface area contributed by atoms with Crippen LogP contribution in [0.2, 0.25) is 0 Å². The molecule has 0 aliphatic carbocycles. The zero-order chi connectivity index (χ0) is 22.7. The molecule has 3 saturated heterocycles. The highest BCUT2D eigenvalue weighted by atomic mass is 16.5. The lowest BCUT2D eigenvalue weighted by Crippen LogP contribution is -2.51. The van der Waals surface area contributed by atoms with E-state index >= 15 is 0 Å². The van der Waals surface area contributed by atoms with E-state index < -0.39 is 0 Å². The first kappa shape index (κ1) is 23.3. The normalized spacial score (nSPS) is 21.8. The molecule has 7 heteroatoms. The van der Waals surface area contributed by atoms with Gasteiger partial charge in [-0.2, -0.15) is 0 Å². The van der Waals surface area contributed by atoms with Gasteiger partial charge in [-0.15, -0.1) is 0 Å². The molecule has 4 rings (SSSR count). The summed E-state index contributed by atoms with van der Waals surface area (Å²) in [5.41, 5.74) is 2.88. The van der Waals surface area contributed by atoms with Crippen molar-refractivity contribution < 1.29 is 19.1 Å². The molecule has 32 heavy (non-hydrogen) atoms. The van der Waals surface area contributed by atoms with E-state index in [1.807, 2.05) is 24.8 Å². The summed E-state index contributed by atoms with van der Waals surface area (Å²) in [6, 6.07) is 1.99. The van der Waals surface area contributed by atoms with Gasteiger partial charge in [0, 0.05) is 63.7 Å². The maximum atomic E-state index is 13.2. The molecule has 0 unspecified atom stereocenters. The summed E-state index contributed by atoms with van der Waals surface area (Å²) in [4.78, 5) is 30.3. The lowest BCUT2D eigenvalue weighted by Gasteiger charge is -2.45. The van der Waals surface area contributed by atoms with Gasteiger partial charge in [-0.3, -0.25) is 9.59 Å². The molecule has 4 heterocycles. The zero-order valence-electron chi connectivity index (χ0n) is 20.0. The van der Waals surface area contributed by atoms with Gasteiger partial charge >= 0.3 is 0 Å². The van der Waals surface area contributed by atoms with Crippen molar-refractivity contribution in [3.8, 4) is 0 Å². The first-order valence-corrected chi connectivity index (χ1v) is 12.3. The molecule has 0 radical (unpaired) electrons. The van der Waals surface area contributed by atoms with E-state index in [0.717, 1.165) is 75.3 Å². The molecule has 1 aromatic rings. The molecule has 7 nitrogen and oxygen atoms in total. The summed E-state index contributed by atoms with van der Waals surface area (Å²) in [5.74, 6) is 0.400. The molecule has 0 saturated carbocycles. The van der Waals surface area contributed by atoms with Crippen LogP contribution in [-0.4, -0.2) is 78.3 Å². The lowest BCUT2D eigenvalue weighted by molar-refractivity contribution is -0.147. The average Bonchev–Trinajstić information content (AvgIpc) is 3.11. The van der Waals surface area contributed by atoms with Gasteiger partial charge in [0.2, 0.25) is 5.91 Å². The number of nitrogens with zero attached hydrogens (tertiary/aromatic N) is 3. The first-order chi connectivity index (χ1) is 15.4. The Morgan fingerprint density at radius 2 is 1.78 bits per heavy atom. The van der Waals surface area contributed by atoms with Gasteiger partial charge in [-0.25, -0.2) is 0 Å². The Labute approximate surface area is 192 Å². The van der Waals surface area contributed by atoms with Crippen LogP contribution in [0.1, 0.15) is 66.7 Å². The summed E-state index contributed by atoms with van der Waals surface area (Å²) in [6.07, 6.45) is 7.00. The monoisotopic (exact) mass is 445 g/mol. The minimum Gasteiger partial charge on any atom is -0.383 e. The van der Waals surface area contributed by atoms with Crippen LogP contribution < -0.4 is 0 Å². The number of piperidine rings is 2. The number of aryl methyl sites for hydroxylation is 1. The topological polar surface area (TPSA) is 64.0 Å². The van der Waals surface area contributed by atoms with Crippen molar-refractivity contribution in [2.75, 3.05) is 46.5 Å². The van der Waals surface area contributed by atoms with Crippen LogP contribution in [0.15, 0.2) is 6.07 Å². The number of carbonyl (C=O) groups is 2. The summed E-state index contributed by atoms with van der Waals surface area (Å²) in [5, 5.41) is 0. The van der Waals surface area contributed by atoms with E-state index in [0.29, 0.717) is 19.7 Å². The second-order valence-electron chi connectivity index (χ2n) is 9.81. The maximum absolute atomic E-state index is 13.2. The van der Waals surface area contributed by atoms with Gasteiger partial charge in [-0.1, -0.05) is 0 Å². The van der Waals surface area contributed by atoms with Gasteiger partial charge in [0.15, 0.2) is 0 Å². The van der Waals surface area contributed by atoms with Crippen molar-refractivity contribution in [1.82, 2.24) is 14.4 Å². The number of ether oxygens (including phenoxy) is 2. The minimum absolute atomic E-state index is 0.0282. The Hall–Kier alpha value is -1.86. The average molecular weight is 446 g/mol. The van der Waals surface area contributed by atoms with Crippen molar-refractivity contribution >= 4 is 11.8 Å². The third-order valence-electron chi connectivity index (χ3n) is 7.88. The van der Waals surface area contributed by atoms with Crippen LogP contribution in [0.25, 0.3) is 0 Å². The van der Waals surface area contributed by atoms with Crippen molar-refractivity contribution in [3.05, 3.63) is 23.0 Å².